The van der Waals surface area contributed by atoms with Gasteiger partial charge in [-0.1, -0.05) is 127 Å². The second-order valence-corrected chi connectivity index (χ2v) is 17.0. The first kappa shape index (κ1) is 35.3. The van der Waals surface area contributed by atoms with Crippen molar-refractivity contribution in [2.75, 3.05) is 0 Å². The van der Waals surface area contributed by atoms with Gasteiger partial charge >= 0.3 is 0 Å². The normalized spacial score (nSPS) is 12.9. The molecule has 6 nitrogen and oxygen atoms in total. The Morgan fingerprint density at radius 3 is 0.879 bits per heavy atom. The first-order valence-corrected chi connectivity index (χ1v) is 21.7. The predicted molar refractivity (Wildman–Crippen MR) is 245 cm³/mol. The molecule has 288 valence electrons. The zero-order chi connectivity index (χ0) is 39.4. The van der Waals surface area contributed by atoms with Gasteiger partial charge in [-0.2, -0.15) is 0 Å². The van der Waals surface area contributed by atoms with E-state index in [1.807, 2.05) is 48.5 Å². The first-order valence-electron chi connectivity index (χ1n) is 21.7. The van der Waals surface area contributed by atoms with E-state index in [2.05, 4.69) is 38.1 Å². The monoisotopic (exact) mass is 762 g/mol. The Balaban J connectivity index is 1.31. The van der Waals surface area contributed by atoms with Gasteiger partial charge in [-0.05, 0) is 102 Å². The number of benzene rings is 9. The molecule has 2 heterocycles. The largest absolute Gasteiger partial charge is 0.274 e. The van der Waals surface area contributed by atoms with Crippen molar-refractivity contribution in [2.45, 2.75) is 104 Å². The van der Waals surface area contributed by atoms with Crippen molar-refractivity contribution >= 4 is 108 Å². The van der Waals surface area contributed by atoms with Gasteiger partial charge in [0.15, 0.2) is 0 Å². The van der Waals surface area contributed by atoms with Crippen molar-refractivity contribution in [3.05, 3.63) is 114 Å². The highest BCUT2D eigenvalue weighted by molar-refractivity contribution is 6.54. The Hall–Kier alpha value is -5.88. The van der Waals surface area contributed by atoms with E-state index in [4.69, 9.17) is 0 Å². The average molecular weight is 763 g/mol. The number of unbranched alkanes of at least 4 members (excludes halogenated alkanes) is 10. The summed E-state index contributed by atoms with van der Waals surface area (Å²) in [5, 5.41) is 17.4. The summed E-state index contributed by atoms with van der Waals surface area (Å²) < 4.78 is 2.99. The molecule has 6 heteroatoms. The smallest absolute Gasteiger partial charge is 0.261 e. The molecule has 0 unspecified atom stereocenters. The van der Waals surface area contributed by atoms with Crippen molar-refractivity contribution in [1.29, 1.82) is 0 Å². The summed E-state index contributed by atoms with van der Waals surface area (Å²) in [6.07, 6.45) is 12.8. The van der Waals surface area contributed by atoms with Crippen LogP contribution in [0.25, 0.3) is 108 Å². The van der Waals surface area contributed by atoms with E-state index >= 15 is 0 Å². The Morgan fingerprint density at radius 2 is 0.586 bits per heavy atom. The molecule has 0 saturated heterocycles. The van der Waals surface area contributed by atoms with Gasteiger partial charge in [0.05, 0.1) is 0 Å². The number of aromatic nitrogens is 2. The maximum atomic E-state index is 14.7. The molecule has 0 spiro atoms. The molecule has 2 aromatic heterocycles. The molecule has 0 aliphatic heterocycles. The van der Waals surface area contributed by atoms with E-state index in [9.17, 15) is 19.2 Å². The fourth-order valence-electron chi connectivity index (χ4n) is 11.0. The zero-order valence-corrected chi connectivity index (χ0v) is 33.4. The van der Waals surface area contributed by atoms with Gasteiger partial charge in [-0.25, -0.2) is 0 Å². The highest BCUT2D eigenvalue weighted by Gasteiger charge is 2.30. The van der Waals surface area contributed by atoms with E-state index < -0.39 is 0 Å². The van der Waals surface area contributed by atoms with Crippen molar-refractivity contribution in [3.63, 3.8) is 0 Å². The average Bonchev–Trinajstić information content (AvgIpc) is 3.25. The Bertz CT molecular complexity index is 3180. The molecule has 0 atom stereocenters. The SMILES string of the molecule is CCCCCCCCn1c(=O)c2cc3c4ccccc4c4cc5c(=O)n(CCCCCCCC)c(=O)c6cc7c8ccccc8c8cc(c1=O)c2c1c3c4c(c56)c7c81. The lowest BCUT2D eigenvalue weighted by Crippen LogP contribution is -2.33. The van der Waals surface area contributed by atoms with Crippen LogP contribution < -0.4 is 22.2 Å². The second kappa shape index (κ2) is 13.3. The third-order valence-corrected chi connectivity index (χ3v) is 13.7. The molecule has 0 aliphatic rings. The van der Waals surface area contributed by atoms with Crippen molar-refractivity contribution in [2.24, 2.45) is 0 Å². The molecule has 9 aromatic carbocycles. The Labute approximate surface area is 334 Å². The van der Waals surface area contributed by atoms with Crippen LogP contribution in [-0.2, 0) is 13.1 Å². The molecule has 0 fully saturated rings. The van der Waals surface area contributed by atoms with Crippen LogP contribution in [0.15, 0.2) is 92.0 Å². The summed E-state index contributed by atoms with van der Waals surface area (Å²) in [6, 6.07) is 24.7. The molecule has 58 heavy (non-hydrogen) atoms. The highest BCUT2D eigenvalue weighted by Crippen LogP contribution is 2.54. The van der Waals surface area contributed by atoms with Crippen LogP contribution >= 0.6 is 0 Å². The lowest BCUT2D eigenvalue weighted by atomic mass is 9.77. The van der Waals surface area contributed by atoms with Crippen molar-refractivity contribution in [1.82, 2.24) is 9.13 Å². The van der Waals surface area contributed by atoms with Crippen LogP contribution in [0.2, 0.25) is 0 Å². The molecule has 0 saturated carbocycles. The van der Waals surface area contributed by atoms with Gasteiger partial charge in [-0.15, -0.1) is 0 Å². The number of rotatable bonds is 14. The molecule has 0 bridgehead atoms. The summed E-state index contributed by atoms with van der Waals surface area (Å²) >= 11 is 0. The summed E-state index contributed by atoms with van der Waals surface area (Å²) in [4.78, 5) is 58.8. The molecular formula is C52H46N2O4. The molecule has 0 radical (unpaired) electrons. The molecular weight excluding hydrogens is 717 g/mol. The van der Waals surface area contributed by atoms with E-state index in [1.54, 1.807) is 0 Å². The summed E-state index contributed by atoms with van der Waals surface area (Å²) in [7, 11) is 0. The van der Waals surface area contributed by atoms with Gasteiger partial charge in [0.2, 0.25) is 0 Å². The van der Waals surface area contributed by atoms with Crippen LogP contribution in [0.3, 0.4) is 0 Å². The number of pyridine rings is 2. The predicted octanol–water partition coefficient (Wildman–Crippen LogP) is 12.2. The van der Waals surface area contributed by atoms with Gasteiger partial charge in [0, 0.05) is 56.2 Å². The second-order valence-electron chi connectivity index (χ2n) is 17.0. The van der Waals surface area contributed by atoms with Crippen LogP contribution in [0.1, 0.15) is 90.9 Å². The maximum absolute atomic E-state index is 14.7. The van der Waals surface area contributed by atoms with Gasteiger partial charge < -0.3 is 0 Å². The third-order valence-electron chi connectivity index (χ3n) is 13.7. The quantitative estimate of drug-likeness (QED) is 0.0628. The van der Waals surface area contributed by atoms with Gasteiger partial charge in [0.1, 0.15) is 0 Å². The van der Waals surface area contributed by atoms with E-state index in [0.717, 1.165) is 125 Å². The summed E-state index contributed by atoms with van der Waals surface area (Å²) in [5.41, 5.74) is -0.921. The Kier molecular flexibility index (Phi) is 8.12. The topological polar surface area (TPSA) is 78.1 Å². The van der Waals surface area contributed by atoms with Crippen LogP contribution in [-0.4, -0.2) is 9.13 Å². The minimum Gasteiger partial charge on any atom is -0.274 e. The van der Waals surface area contributed by atoms with Gasteiger partial charge in [-0.3, -0.25) is 28.3 Å². The number of hydrogen-bond acceptors (Lipinski definition) is 4. The third kappa shape index (κ3) is 4.72. The lowest BCUT2D eigenvalue weighted by molar-refractivity contribution is 0.545. The molecule has 11 aromatic rings. The highest BCUT2D eigenvalue weighted by atomic mass is 16.2. The van der Waals surface area contributed by atoms with E-state index in [-0.39, 0.29) is 22.2 Å². The summed E-state index contributed by atoms with van der Waals surface area (Å²) in [6.45, 7) is 5.20. The maximum Gasteiger partial charge on any atom is 0.261 e. The molecule has 0 N–H and O–H groups in total. The zero-order valence-electron chi connectivity index (χ0n) is 33.4. The minimum absolute atomic E-state index is 0.230. The van der Waals surface area contributed by atoms with Crippen molar-refractivity contribution < 1.29 is 0 Å². The first-order chi connectivity index (χ1) is 28.4. The molecule has 0 aliphatic carbocycles. The van der Waals surface area contributed by atoms with Gasteiger partial charge in [0.25, 0.3) is 22.2 Å². The summed E-state index contributed by atoms with van der Waals surface area (Å²) in [5.74, 6) is 0. The lowest BCUT2D eigenvalue weighted by Gasteiger charge is -2.26. The van der Waals surface area contributed by atoms with E-state index in [0.29, 0.717) is 34.6 Å². The fourth-order valence-corrected chi connectivity index (χ4v) is 11.0. The fraction of sp³-hybridized carbons (Fsp3) is 0.308. The van der Waals surface area contributed by atoms with Crippen LogP contribution in [0.4, 0.5) is 0 Å². The molecule has 0 amide bonds. The molecule has 11 rings (SSSR count). The van der Waals surface area contributed by atoms with Crippen LogP contribution in [0, 0.1) is 0 Å². The number of fused-ring (bicyclic) bond motifs is 6. The van der Waals surface area contributed by atoms with E-state index in [1.165, 1.54) is 47.7 Å². The standard InChI is InChI=1S/C52H46N2O4/c1-3-5-7-9-11-17-23-53-49(55)37-25-33-29-19-13-15-21-31(29)35-27-39-42-40(52(58)54(51(39)57)24-18-12-10-8-6-4-2)28-36-32-22-16-14-20-30(32)34-26-38(50(53)56)41(37)47-43(33)45(35)48(42)46(36)44(34)47/h13-16,19-22,25-28H,3-12,17-18,23-24H2,1-2H3. The van der Waals surface area contributed by atoms with Crippen molar-refractivity contribution in [3.8, 4) is 0 Å². The van der Waals surface area contributed by atoms with Crippen LogP contribution in [0.5, 0.6) is 0 Å². The number of hydrogen-bond donors (Lipinski definition) is 0. The number of nitrogens with zero attached hydrogens (tertiary/aromatic N) is 2. The minimum atomic E-state index is -0.230. The Morgan fingerprint density at radius 1 is 0.310 bits per heavy atom.